The van der Waals surface area contributed by atoms with Crippen LogP contribution in [0.15, 0.2) is 18.2 Å². The van der Waals surface area contributed by atoms with Crippen LogP contribution in [0, 0.1) is 12.8 Å². The topological polar surface area (TPSA) is 206 Å². The zero-order valence-corrected chi connectivity index (χ0v) is 24.9. The van der Waals surface area contributed by atoms with Crippen LogP contribution in [0.5, 0.6) is 11.6 Å². The molecule has 0 spiro atoms. The first-order valence-electron chi connectivity index (χ1n) is 14.8. The van der Waals surface area contributed by atoms with Gasteiger partial charge in [0, 0.05) is 23.6 Å². The van der Waals surface area contributed by atoms with Crippen LogP contribution in [0.4, 0.5) is 0 Å². The van der Waals surface area contributed by atoms with Gasteiger partial charge in [0.15, 0.2) is 0 Å². The van der Waals surface area contributed by atoms with Crippen LogP contribution in [0.3, 0.4) is 0 Å². The van der Waals surface area contributed by atoms with Crippen molar-refractivity contribution in [2.24, 2.45) is 17.4 Å². The van der Waals surface area contributed by atoms with E-state index in [1.807, 2.05) is 39.0 Å². The fourth-order valence-corrected chi connectivity index (χ4v) is 5.18. The lowest BCUT2D eigenvalue weighted by molar-refractivity contribution is -0.278. The number of benzene rings is 1. The molecule has 6 atom stereocenters. The molecular formula is C30H48N4O8. The van der Waals surface area contributed by atoms with E-state index in [2.05, 4.69) is 10.2 Å². The Hall–Kier alpha value is -2.74. The molecule has 3 rings (SSSR count). The molecule has 1 saturated heterocycles. The monoisotopic (exact) mass is 592 g/mol. The zero-order valence-electron chi connectivity index (χ0n) is 24.9. The van der Waals surface area contributed by atoms with Gasteiger partial charge in [-0.25, -0.2) is 0 Å². The van der Waals surface area contributed by atoms with Crippen LogP contribution in [0.2, 0.25) is 0 Å². The third-order valence-electron chi connectivity index (χ3n) is 7.82. The molecule has 1 aromatic carbocycles. The number of nitrogens with two attached hydrogens (primary N) is 2. The second kappa shape index (κ2) is 16.2. The molecule has 0 unspecified atom stereocenters. The van der Waals surface area contributed by atoms with Gasteiger partial charge in [0.1, 0.15) is 30.2 Å². The number of primary amides is 1. The van der Waals surface area contributed by atoms with Crippen LogP contribution < -0.4 is 20.9 Å². The molecule has 1 aliphatic heterocycles. The van der Waals surface area contributed by atoms with Crippen molar-refractivity contribution in [3.05, 3.63) is 40.6 Å². The fraction of sp³-hybridized carbons (Fsp3) is 0.667. The lowest BCUT2D eigenvalue weighted by Gasteiger charge is -2.39. The van der Waals surface area contributed by atoms with E-state index in [1.165, 1.54) is 0 Å². The predicted octanol–water partition coefficient (Wildman–Crippen LogP) is 1.39. The Morgan fingerprint density at radius 1 is 1.10 bits per heavy atom. The summed E-state index contributed by atoms with van der Waals surface area (Å²) in [5, 5.41) is 47.5. The molecule has 0 saturated carbocycles. The van der Waals surface area contributed by atoms with Crippen molar-refractivity contribution in [1.29, 1.82) is 0 Å². The quantitative estimate of drug-likeness (QED) is 0.131. The molecule has 0 bridgehead atoms. The maximum absolute atomic E-state index is 11.7. The molecule has 1 aromatic heterocycles. The number of hydrogen-bond acceptors (Lipinski definition) is 10. The van der Waals surface area contributed by atoms with Gasteiger partial charge >= 0.3 is 0 Å². The Kier molecular flexibility index (Phi) is 13.0. The summed E-state index contributed by atoms with van der Waals surface area (Å²) in [5.41, 5.74) is 14.8. The highest BCUT2D eigenvalue weighted by molar-refractivity contribution is 5.76. The van der Waals surface area contributed by atoms with E-state index in [0.717, 1.165) is 66.7 Å². The largest absolute Gasteiger partial charge is 0.494 e. The van der Waals surface area contributed by atoms with Crippen molar-refractivity contribution >= 4 is 5.91 Å². The van der Waals surface area contributed by atoms with E-state index in [-0.39, 0.29) is 23.6 Å². The van der Waals surface area contributed by atoms with Crippen LogP contribution in [0.1, 0.15) is 80.7 Å². The lowest BCUT2D eigenvalue weighted by Crippen LogP contribution is -2.60. The molecule has 12 heteroatoms. The molecule has 42 heavy (non-hydrogen) atoms. The first kappa shape index (κ1) is 33.8. The highest BCUT2D eigenvalue weighted by Gasteiger charge is 2.45. The number of hydrogen-bond donors (Lipinski definition) is 7. The van der Waals surface area contributed by atoms with Crippen molar-refractivity contribution in [1.82, 2.24) is 10.2 Å². The van der Waals surface area contributed by atoms with Crippen molar-refractivity contribution < 1.29 is 39.4 Å². The molecule has 0 radical (unpaired) electrons. The van der Waals surface area contributed by atoms with Crippen molar-refractivity contribution in [3.8, 4) is 11.6 Å². The summed E-state index contributed by atoms with van der Waals surface area (Å²) in [7, 11) is 0. The number of aliphatic hydroxyl groups excluding tert-OH is 4. The van der Waals surface area contributed by atoms with Crippen molar-refractivity contribution in [3.63, 3.8) is 0 Å². The molecule has 2 heterocycles. The number of rotatable bonds is 17. The number of amides is 1. The lowest BCUT2D eigenvalue weighted by atomic mass is 9.95. The third-order valence-corrected chi connectivity index (χ3v) is 7.82. The average molecular weight is 593 g/mol. The SMILES string of the molecule is Cc1cc(OCCCC[C@@H](CCCCN)C(N)=O)ccc1Cc1c(O[C@@H]2O[C@H](CO)[C@@H](O)[C@H](O)[C@H]2O)n[nH]c1C(C)C. The summed E-state index contributed by atoms with van der Waals surface area (Å²) in [6, 6.07) is 5.87. The zero-order chi connectivity index (χ0) is 30.8. The van der Waals surface area contributed by atoms with Crippen LogP contribution in [-0.4, -0.2) is 87.0 Å². The Balaban J connectivity index is 1.61. The Labute approximate surface area is 247 Å². The van der Waals surface area contributed by atoms with E-state index in [4.69, 9.17) is 25.7 Å². The molecule has 12 nitrogen and oxygen atoms in total. The van der Waals surface area contributed by atoms with Crippen molar-refractivity contribution in [2.45, 2.75) is 102 Å². The van der Waals surface area contributed by atoms with Gasteiger partial charge in [-0.05, 0) is 74.8 Å². The Bertz CT molecular complexity index is 1120. The summed E-state index contributed by atoms with van der Waals surface area (Å²) < 4.78 is 17.4. The second-order valence-electron chi connectivity index (χ2n) is 11.4. The average Bonchev–Trinajstić information content (AvgIpc) is 3.35. The van der Waals surface area contributed by atoms with Gasteiger partial charge in [-0.15, -0.1) is 5.10 Å². The smallest absolute Gasteiger partial charge is 0.238 e. The highest BCUT2D eigenvalue weighted by Crippen LogP contribution is 2.32. The summed E-state index contributed by atoms with van der Waals surface area (Å²) in [4.78, 5) is 11.7. The molecule has 2 aromatic rings. The van der Waals surface area contributed by atoms with Gasteiger partial charge in [-0.1, -0.05) is 26.3 Å². The van der Waals surface area contributed by atoms with Crippen LogP contribution >= 0.6 is 0 Å². The first-order chi connectivity index (χ1) is 20.1. The number of aromatic amines is 1. The minimum absolute atomic E-state index is 0.0948. The predicted molar refractivity (Wildman–Crippen MR) is 156 cm³/mol. The van der Waals surface area contributed by atoms with Gasteiger partial charge in [0.05, 0.1) is 13.2 Å². The number of H-pyrrole nitrogens is 1. The number of nitrogens with one attached hydrogen (secondary N) is 1. The van der Waals surface area contributed by atoms with E-state index in [0.29, 0.717) is 19.6 Å². The Morgan fingerprint density at radius 3 is 2.43 bits per heavy atom. The number of aromatic nitrogens is 2. The minimum Gasteiger partial charge on any atom is -0.494 e. The summed E-state index contributed by atoms with van der Waals surface area (Å²) >= 11 is 0. The van der Waals surface area contributed by atoms with E-state index in [9.17, 15) is 25.2 Å². The van der Waals surface area contributed by atoms with Crippen molar-refractivity contribution in [2.75, 3.05) is 19.8 Å². The van der Waals surface area contributed by atoms with Gasteiger partial charge in [-0.2, -0.15) is 0 Å². The van der Waals surface area contributed by atoms with Gasteiger partial charge in [-0.3, -0.25) is 9.89 Å². The number of ether oxygens (including phenoxy) is 3. The fourth-order valence-electron chi connectivity index (χ4n) is 5.18. The molecule has 236 valence electrons. The van der Waals surface area contributed by atoms with Gasteiger partial charge in [0.2, 0.25) is 18.1 Å². The summed E-state index contributed by atoms with van der Waals surface area (Å²) in [6.07, 6.45) is -1.51. The molecule has 9 N–H and O–H groups in total. The standard InChI is InChI=1S/C30H48N4O8/c1-17(2)24-22(29(34-33-24)42-30-27(38)26(37)25(36)23(16-35)41-30)15-20-10-11-21(14-18(20)3)40-13-7-5-9-19(28(32)39)8-4-6-12-31/h10-11,14,17,19,23,25-27,30,35-38H,4-9,12-13,15-16,31H2,1-3H3,(H2,32,39)(H,33,34)/t19-,23-,25-,26+,27-,30+/m1/s1. The normalized spacial score (nSPS) is 23.2. The molecule has 1 aliphatic rings. The number of carbonyl (C=O) groups excluding carboxylic acids is 1. The summed E-state index contributed by atoms with van der Waals surface area (Å²) in [6.45, 7) is 6.63. The maximum Gasteiger partial charge on any atom is 0.238 e. The minimum atomic E-state index is -1.55. The molecule has 1 fully saturated rings. The molecule has 0 aliphatic carbocycles. The molecular weight excluding hydrogens is 544 g/mol. The summed E-state index contributed by atoms with van der Waals surface area (Å²) in [5.74, 6) is 0.683. The van der Waals surface area contributed by atoms with E-state index >= 15 is 0 Å². The van der Waals surface area contributed by atoms with E-state index in [1.54, 1.807) is 0 Å². The highest BCUT2D eigenvalue weighted by atomic mass is 16.7. The Morgan fingerprint density at radius 2 is 1.81 bits per heavy atom. The third kappa shape index (κ3) is 8.88. The van der Waals surface area contributed by atoms with Gasteiger partial charge < -0.3 is 46.1 Å². The maximum atomic E-state index is 11.7. The van der Waals surface area contributed by atoms with Gasteiger partial charge in [0.25, 0.3) is 0 Å². The van der Waals surface area contributed by atoms with Crippen LogP contribution in [0.25, 0.3) is 0 Å². The van der Waals surface area contributed by atoms with E-state index < -0.39 is 37.3 Å². The first-order valence-corrected chi connectivity index (χ1v) is 14.8. The molecule has 1 amide bonds. The second-order valence-corrected chi connectivity index (χ2v) is 11.4. The van der Waals surface area contributed by atoms with Crippen LogP contribution in [-0.2, 0) is 16.0 Å². The number of carbonyl (C=O) groups is 1. The number of nitrogens with zero attached hydrogens (tertiary/aromatic N) is 1. The number of unbranched alkanes of at least 4 members (excludes halogenated alkanes) is 2. The number of aliphatic hydroxyl groups is 4. The number of aryl methyl sites for hydroxylation is 1.